The molecule has 31 heavy (non-hydrogen) atoms. The number of ether oxygens (including phenoxy) is 1. The summed E-state index contributed by atoms with van der Waals surface area (Å²) in [6.45, 7) is 1.94. The molecule has 0 spiro atoms. The molecule has 0 fully saturated rings. The van der Waals surface area contributed by atoms with Crippen molar-refractivity contribution in [2.75, 3.05) is 6.61 Å². The predicted molar refractivity (Wildman–Crippen MR) is 121 cm³/mol. The van der Waals surface area contributed by atoms with Crippen molar-refractivity contribution in [2.45, 2.75) is 13.3 Å². The second-order valence-corrected chi connectivity index (χ2v) is 7.37. The molecule has 5 heteroatoms. The Morgan fingerprint density at radius 3 is 2.03 bits per heavy atom. The van der Waals surface area contributed by atoms with Crippen molar-refractivity contribution in [1.29, 1.82) is 0 Å². The molecule has 1 unspecified atom stereocenters. The van der Waals surface area contributed by atoms with Gasteiger partial charge in [0.1, 0.15) is 5.69 Å². The van der Waals surface area contributed by atoms with Crippen LogP contribution in [0.25, 0.3) is 28.2 Å². The molecule has 1 N–H and O–H groups in total. The average Bonchev–Trinajstić information content (AvgIpc) is 3.20. The number of carboxylic acid groups (broad SMARTS) is 1. The molecule has 0 amide bonds. The third-order valence-electron chi connectivity index (χ3n) is 5.16. The lowest BCUT2D eigenvalue weighted by molar-refractivity contribution is -0.141. The molecule has 0 aliphatic heterocycles. The van der Waals surface area contributed by atoms with E-state index in [-0.39, 0.29) is 6.61 Å². The molecule has 1 heterocycles. The lowest BCUT2D eigenvalue weighted by Crippen LogP contribution is -2.14. The number of imidazole rings is 1. The molecule has 5 nitrogen and oxygen atoms in total. The lowest BCUT2D eigenvalue weighted by Gasteiger charge is -2.14. The highest BCUT2D eigenvalue weighted by Gasteiger charge is 2.22. The Kier molecular flexibility index (Phi) is 6.13. The Morgan fingerprint density at radius 1 is 0.903 bits per heavy atom. The first kappa shape index (κ1) is 20.4. The Bertz CT molecular complexity index is 1140. The van der Waals surface area contributed by atoms with E-state index in [9.17, 15) is 9.90 Å². The molecule has 1 aromatic heterocycles. The zero-order chi connectivity index (χ0) is 21.6. The topological polar surface area (TPSA) is 64.4 Å². The van der Waals surface area contributed by atoms with Gasteiger partial charge in [-0.2, -0.15) is 4.98 Å². The van der Waals surface area contributed by atoms with Crippen LogP contribution in [0.3, 0.4) is 0 Å². The van der Waals surface area contributed by atoms with Gasteiger partial charge in [0.2, 0.25) is 0 Å². The molecule has 0 saturated heterocycles. The number of carboxylic acids is 1. The van der Waals surface area contributed by atoms with E-state index in [0.29, 0.717) is 12.4 Å². The molecule has 0 saturated carbocycles. The minimum Gasteiger partial charge on any atom is -0.481 e. The van der Waals surface area contributed by atoms with E-state index in [4.69, 9.17) is 9.72 Å². The van der Waals surface area contributed by atoms with E-state index in [1.54, 1.807) is 6.92 Å². The number of carbonyl (C=O) groups is 1. The summed E-state index contributed by atoms with van der Waals surface area (Å²) in [5.41, 5.74) is 4.68. The van der Waals surface area contributed by atoms with Crippen LogP contribution in [-0.2, 0) is 4.79 Å². The minimum absolute atomic E-state index is 0.264. The van der Waals surface area contributed by atoms with Crippen LogP contribution < -0.4 is 4.74 Å². The summed E-state index contributed by atoms with van der Waals surface area (Å²) in [4.78, 5) is 16.1. The molecule has 4 aromatic rings. The van der Waals surface area contributed by atoms with Gasteiger partial charge in [-0.15, -0.1) is 0 Å². The number of benzene rings is 3. The summed E-state index contributed by atoms with van der Waals surface area (Å²) in [7, 11) is 0. The second kappa shape index (κ2) is 9.30. The van der Waals surface area contributed by atoms with Gasteiger partial charge in [-0.1, -0.05) is 85.8 Å². The zero-order valence-electron chi connectivity index (χ0n) is 17.3. The predicted octanol–water partition coefficient (Wildman–Crippen LogP) is 5.70. The van der Waals surface area contributed by atoms with E-state index in [2.05, 4.69) is 12.1 Å². The van der Waals surface area contributed by atoms with Crippen molar-refractivity contribution in [1.82, 2.24) is 9.55 Å². The first-order valence-electron chi connectivity index (χ1n) is 10.3. The molecule has 3 aromatic carbocycles. The largest absolute Gasteiger partial charge is 0.481 e. The van der Waals surface area contributed by atoms with Gasteiger partial charge in [-0.3, -0.25) is 9.36 Å². The minimum atomic E-state index is -0.829. The molecular formula is C26H24N2O3. The molecule has 156 valence electrons. The van der Waals surface area contributed by atoms with Crippen LogP contribution in [0.15, 0.2) is 91.0 Å². The molecule has 0 bridgehead atoms. The number of hydrogen-bond acceptors (Lipinski definition) is 3. The van der Waals surface area contributed by atoms with Crippen molar-refractivity contribution in [3.63, 3.8) is 0 Å². The maximum absolute atomic E-state index is 11.2. The van der Waals surface area contributed by atoms with Gasteiger partial charge in [0.25, 0.3) is 0 Å². The van der Waals surface area contributed by atoms with Gasteiger partial charge in [0, 0.05) is 11.1 Å². The summed E-state index contributed by atoms with van der Waals surface area (Å²) in [5.74, 6) is -1.31. The fraction of sp³-hybridized carbons (Fsp3) is 0.154. The maximum Gasteiger partial charge on any atom is 0.306 e. The highest BCUT2D eigenvalue weighted by molar-refractivity contribution is 5.81. The second-order valence-electron chi connectivity index (χ2n) is 7.37. The monoisotopic (exact) mass is 412 g/mol. The van der Waals surface area contributed by atoms with Crippen LogP contribution in [0.5, 0.6) is 6.01 Å². The van der Waals surface area contributed by atoms with Crippen LogP contribution in [0.4, 0.5) is 0 Å². The first-order chi connectivity index (χ1) is 15.1. The van der Waals surface area contributed by atoms with Crippen LogP contribution >= 0.6 is 0 Å². The summed E-state index contributed by atoms with van der Waals surface area (Å²) in [6, 6.07) is 30.5. The molecule has 0 aliphatic carbocycles. The Morgan fingerprint density at radius 2 is 1.45 bits per heavy atom. The van der Waals surface area contributed by atoms with E-state index < -0.39 is 11.9 Å². The summed E-state index contributed by atoms with van der Waals surface area (Å²) >= 11 is 0. The summed E-state index contributed by atoms with van der Waals surface area (Å²) in [6.07, 6.45) is 0.401. The molecule has 0 radical (unpaired) electrons. The number of para-hydroxylation sites is 1. The number of hydrogen-bond donors (Lipinski definition) is 1. The Labute approximate surface area is 181 Å². The zero-order valence-corrected chi connectivity index (χ0v) is 17.3. The van der Waals surface area contributed by atoms with Crippen molar-refractivity contribution in [2.24, 2.45) is 5.92 Å². The van der Waals surface area contributed by atoms with Gasteiger partial charge < -0.3 is 9.84 Å². The molecule has 1 atom stereocenters. The van der Waals surface area contributed by atoms with E-state index in [1.165, 1.54) is 0 Å². The van der Waals surface area contributed by atoms with Crippen LogP contribution in [0.1, 0.15) is 13.3 Å². The number of rotatable bonds is 8. The van der Waals surface area contributed by atoms with Gasteiger partial charge in [0.05, 0.1) is 23.9 Å². The molecule has 0 aliphatic rings. The highest BCUT2D eigenvalue weighted by Crippen LogP contribution is 2.37. The van der Waals surface area contributed by atoms with Crippen LogP contribution in [0, 0.1) is 5.92 Å². The van der Waals surface area contributed by atoms with Crippen LogP contribution in [0.2, 0.25) is 0 Å². The summed E-state index contributed by atoms with van der Waals surface area (Å²) < 4.78 is 8.07. The Balaban J connectivity index is 1.86. The van der Waals surface area contributed by atoms with E-state index in [1.807, 2.05) is 83.4 Å². The van der Waals surface area contributed by atoms with E-state index in [0.717, 1.165) is 28.2 Å². The number of aromatic nitrogens is 2. The average molecular weight is 412 g/mol. The first-order valence-corrected chi connectivity index (χ1v) is 10.3. The standard InChI is InChI=1S/C26H24N2O3/c1-19(25(29)30)17-18-31-26-27-23(20-11-5-2-6-12-20)24(21-13-7-3-8-14-21)28(26)22-15-9-4-10-16-22/h2-16,19H,17-18H2,1H3,(H,29,30). The van der Waals surface area contributed by atoms with Gasteiger partial charge in [-0.25, -0.2) is 0 Å². The Hall–Kier alpha value is -3.86. The normalized spacial score (nSPS) is 11.8. The van der Waals surface area contributed by atoms with Crippen LogP contribution in [-0.4, -0.2) is 27.2 Å². The molecular weight excluding hydrogens is 388 g/mol. The number of nitrogens with zero attached hydrogens (tertiary/aromatic N) is 2. The van der Waals surface area contributed by atoms with Crippen molar-refractivity contribution >= 4 is 5.97 Å². The maximum atomic E-state index is 11.2. The SMILES string of the molecule is CC(CCOc1nc(-c2ccccc2)c(-c2ccccc2)n1-c1ccccc1)C(=O)O. The fourth-order valence-corrected chi connectivity index (χ4v) is 3.42. The smallest absolute Gasteiger partial charge is 0.306 e. The molecule has 4 rings (SSSR count). The fourth-order valence-electron chi connectivity index (χ4n) is 3.42. The van der Waals surface area contributed by atoms with Crippen molar-refractivity contribution < 1.29 is 14.6 Å². The lowest BCUT2D eigenvalue weighted by atomic mass is 10.0. The van der Waals surface area contributed by atoms with E-state index >= 15 is 0 Å². The number of aliphatic carboxylic acids is 1. The van der Waals surface area contributed by atoms with Crippen molar-refractivity contribution in [3.05, 3.63) is 91.0 Å². The third-order valence-corrected chi connectivity index (χ3v) is 5.16. The van der Waals surface area contributed by atoms with Gasteiger partial charge >= 0.3 is 12.0 Å². The quantitative estimate of drug-likeness (QED) is 0.403. The summed E-state index contributed by atoms with van der Waals surface area (Å²) in [5, 5.41) is 9.18. The third kappa shape index (κ3) is 4.51. The van der Waals surface area contributed by atoms with Crippen molar-refractivity contribution in [3.8, 4) is 34.2 Å². The van der Waals surface area contributed by atoms with Gasteiger partial charge in [-0.05, 0) is 18.6 Å². The van der Waals surface area contributed by atoms with Gasteiger partial charge in [0.15, 0.2) is 0 Å². The highest BCUT2D eigenvalue weighted by atomic mass is 16.5.